The number of amides is 2. The van der Waals surface area contributed by atoms with Crippen LogP contribution in [0, 0.1) is 12.3 Å². The first-order valence-corrected chi connectivity index (χ1v) is 11.7. The lowest BCUT2D eigenvalue weighted by Gasteiger charge is -2.25. The second-order valence-electron chi connectivity index (χ2n) is 8.86. The summed E-state index contributed by atoms with van der Waals surface area (Å²) in [6, 6.07) is 14.3. The predicted octanol–water partition coefficient (Wildman–Crippen LogP) is 2.73. The highest BCUT2D eigenvalue weighted by Gasteiger charge is 2.49. The molecule has 0 aromatic heterocycles. The molecule has 7 nitrogen and oxygen atoms in total. The van der Waals surface area contributed by atoms with Gasteiger partial charge in [0, 0.05) is 12.1 Å². The molecule has 1 N–H and O–H groups in total. The Morgan fingerprint density at radius 3 is 2.16 bits per heavy atom. The summed E-state index contributed by atoms with van der Waals surface area (Å²) in [6.45, 7) is 5.68. The van der Waals surface area contributed by atoms with Gasteiger partial charge >= 0.3 is 0 Å². The molecule has 1 aliphatic rings. The van der Waals surface area contributed by atoms with Crippen molar-refractivity contribution in [1.82, 2.24) is 10.2 Å². The minimum Gasteiger partial charge on any atom is -0.350 e. The van der Waals surface area contributed by atoms with Gasteiger partial charge in [-0.2, -0.15) is 0 Å². The van der Waals surface area contributed by atoms with Gasteiger partial charge in [-0.3, -0.25) is 9.59 Å². The fourth-order valence-electron chi connectivity index (χ4n) is 3.69. The number of hydrogen-bond donors (Lipinski definition) is 1. The molecule has 31 heavy (non-hydrogen) atoms. The van der Waals surface area contributed by atoms with Gasteiger partial charge in [0.2, 0.25) is 15.9 Å². The Kier molecular flexibility index (Phi) is 6.25. The normalized spacial score (nSPS) is 18.3. The van der Waals surface area contributed by atoms with Gasteiger partial charge in [-0.25, -0.2) is 12.7 Å². The van der Waals surface area contributed by atoms with E-state index in [9.17, 15) is 18.0 Å². The van der Waals surface area contributed by atoms with Crippen LogP contribution in [0.1, 0.15) is 41.4 Å². The number of rotatable bonds is 6. The van der Waals surface area contributed by atoms with Crippen molar-refractivity contribution in [3.05, 3.63) is 65.2 Å². The zero-order valence-electron chi connectivity index (χ0n) is 18.5. The number of sulfonamides is 1. The molecule has 1 fully saturated rings. The first-order chi connectivity index (χ1) is 14.4. The molecule has 1 heterocycles. The van der Waals surface area contributed by atoms with E-state index >= 15 is 0 Å². The first-order valence-electron chi connectivity index (χ1n) is 10.1. The number of benzene rings is 2. The summed E-state index contributed by atoms with van der Waals surface area (Å²) in [5.74, 6) is -0.954. The van der Waals surface area contributed by atoms with E-state index in [0.717, 1.165) is 9.87 Å². The number of nitrogens with one attached hydrogen (secondary N) is 1. The number of aryl methyl sites for hydroxylation is 1. The maximum Gasteiger partial charge on any atom is 0.251 e. The highest BCUT2D eigenvalue weighted by molar-refractivity contribution is 7.94. The fourth-order valence-corrected chi connectivity index (χ4v) is 5.80. The lowest BCUT2D eigenvalue weighted by molar-refractivity contribution is -0.123. The van der Waals surface area contributed by atoms with E-state index in [1.165, 1.54) is 29.8 Å². The highest BCUT2D eigenvalue weighted by atomic mass is 32.2. The molecule has 8 heteroatoms. The van der Waals surface area contributed by atoms with Crippen molar-refractivity contribution in [3.63, 3.8) is 0 Å². The van der Waals surface area contributed by atoms with E-state index in [4.69, 9.17) is 0 Å². The van der Waals surface area contributed by atoms with Crippen LogP contribution < -0.4 is 9.62 Å². The number of likely N-dealkylation sites (N-methyl/N-ethyl adjacent to an activating group) is 1. The minimum atomic E-state index is -3.72. The number of hydrogen-bond acceptors (Lipinski definition) is 5. The van der Waals surface area contributed by atoms with Crippen LogP contribution in [0.2, 0.25) is 0 Å². The summed E-state index contributed by atoms with van der Waals surface area (Å²) in [4.78, 5) is 27.2. The highest BCUT2D eigenvalue weighted by Crippen LogP contribution is 2.35. The average molecular weight is 444 g/mol. The molecular weight excluding hydrogens is 414 g/mol. The molecule has 0 saturated carbocycles. The zero-order valence-corrected chi connectivity index (χ0v) is 19.4. The summed E-state index contributed by atoms with van der Waals surface area (Å²) in [5.41, 5.74) is 1.96. The van der Waals surface area contributed by atoms with E-state index in [1.807, 2.05) is 38.1 Å². The van der Waals surface area contributed by atoms with E-state index in [0.29, 0.717) is 12.1 Å². The molecule has 2 aromatic rings. The molecule has 0 radical (unpaired) electrons. The number of anilines is 1. The molecule has 0 aliphatic carbocycles. The summed E-state index contributed by atoms with van der Waals surface area (Å²) in [7, 11) is 0.200. The van der Waals surface area contributed by atoms with Crippen molar-refractivity contribution in [3.8, 4) is 0 Å². The molecule has 0 spiro atoms. The van der Waals surface area contributed by atoms with Crippen LogP contribution in [-0.4, -0.2) is 51.5 Å². The molecule has 166 valence electrons. The Morgan fingerprint density at radius 1 is 1.10 bits per heavy atom. The smallest absolute Gasteiger partial charge is 0.251 e. The van der Waals surface area contributed by atoms with E-state index in [1.54, 1.807) is 13.8 Å². The molecule has 3 rings (SSSR count). The maximum absolute atomic E-state index is 12.7. The van der Waals surface area contributed by atoms with Crippen molar-refractivity contribution in [2.75, 3.05) is 30.7 Å². The second kappa shape index (κ2) is 8.43. The van der Waals surface area contributed by atoms with Crippen molar-refractivity contribution >= 4 is 27.5 Å². The van der Waals surface area contributed by atoms with Crippen LogP contribution >= 0.6 is 0 Å². The van der Waals surface area contributed by atoms with Gasteiger partial charge in [0.1, 0.15) is 0 Å². The topological polar surface area (TPSA) is 86.8 Å². The molecule has 1 atom stereocenters. The SMILES string of the molecule is Cc1ccc(C(CNC(=O)c2ccc(N3C(=O)C(C)(C)CS3(=O)=O)cc2)N(C)C)cc1. The largest absolute Gasteiger partial charge is 0.350 e. The summed E-state index contributed by atoms with van der Waals surface area (Å²) in [6.07, 6.45) is 0. The zero-order chi connectivity index (χ0) is 23.0. The van der Waals surface area contributed by atoms with Crippen molar-refractivity contribution in [2.24, 2.45) is 5.41 Å². The summed E-state index contributed by atoms with van der Waals surface area (Å²) < 4.78 is 25.7. The van der Waals surface area contributed by atoms with Gasteiger partial charge in [0.05, 0.1) is 22.9 Å². The molecule has 1 saturated heterocycles. The molecule has 2 amide bonds. The van der Waals surface area contributed by atoms with Crippen molar-refractivity contribution in [2.45, 2.75) is 26.8 Å². The molecule has 0 bridgehead atoms. The Hall–Kier alpha value is -2.71. The Labute approximate surface area is 184 Å². The third-order valence-corrected chi connectivity index (χ3v) is 7.51. The van der Waals surface area contributed by atoms with Gasteiger partial charge in [-0.05, 0) is 64.7 Å². The van der Waals surface area contributed by atoms with Gasteiger partial charge in [-0.1, -0.05) is 29.8 Å². The number of nitrogens with zero attached hydrogens (tertiary/aromatic N) is 2. The monoisotopic (exact) mass is 443 g/mol. The Balaban J connectivity index is 1.72. The average Bonchev–Trinajstić information content (AvgIpc) is 2.85. The van der Waals surface area contributed by atoms with E-state index in [2.05, 4.69) is 17.4 Å². The van der Waals surface area contributed by atoms with Gasteiger partial charge in [0.25, 0.3) is 5.91 Å². The van der Waals surface area contributed by atoms with Crippen LogP contribution in [0.15, 0.2) is 48.5 Å². The molecule has 1 unspecified atom stereocenters. The van der Waals surface area contributed by atoms with Crippen LogP contribution in [0.5, 0.6) is 0 Å². The van der Waals surface area contributed by atoms with Crippen LogP contribution in [0.4, 0.5) is 5.69 Å². The second-order valence-corrected chi connectivity index (χ2v) is 10.7. The van der Waals surface area contributed by atoms with Gasteiger partial charge < -0.3 is 10.2 Å². The Morgan fingerprint density at radius 2 is 1.68 bits per heavy atom. The molecule has 1 aliphatic heterocycles. The molecule has 2 aromatic carbocycles. The minimum absolute atomic E-state index is 0.0124. The Bertz CT molecular complexity index is 1070. The van der Waals surface area contributed by atoms with Crippen LogP contribution in [0.3, 0.4) is 0 Å². The third-order valence-electron chi connectivity index (χ3n) is 5.49. The molecular formula is C23H29N3O4S. The van der Waals surface area contributed by atoms with Gasteiger partial charge in [-0.15, -0.1) is 0 Å². The lowest BCUT2D eigenvalue weighted by Crippen LogP contribution is -2.35. The van der Waals surface area contributed by atoms with Crippen LogP contribution in [0.25, 0.3) is 0 Å². The first kappa shape index (κ1) is 23.0. The van der Waals surface area contributed by atoms with Gasteiger partial charge in [0.15, 0.2) is 0 Å². The number of carbonyl (C=O) groups is 2. The fraction of sp³-hybridized carbons (Fsp3) is 0.391. The maximum atomic E-state index is 12.7. The predicted molar refractivity (Wildman–Crippen MR) is 121 cm³/mol. The van der Waals surface area contributed by atoms with E-state index < -0.39 is 21.3 Å². The summed E-state index contributed by atoms with van der Waals surface area (Å²) >= 11 is 0. The standard InChI is InChI=1S/C23H29N3O4S/c1-16-6-8-17(9-7-16)20(25(4)5)14-24-21(27)18-10-12-19(13-11-18)26-22(28)23(2,3)15-31(26,29)30/h6-13,20H,14-15H2,1-5H3,(H,24,27). The number of carbonyl (C=O) groups excluding carboxylic acids is 2. The van der Waals surface area contributed by atoms with E-state index in [-0.39, 0.29) is 23.4 Å². The third kappa shape index (κ3) is 4.80. The summed E-state index contributed by atoms with van der Waals surface area (Å²) in [5, 5.41) is 2.94. The van der Waals surface area contributed by atoms with Crippen molar-refractivity contribution in [1.29, 1.82) is 0 Å². The van der Waals surface area contributed by atoms with Crippen LogP contribution in [-0.2, 0) is 14.8 Å². The lowest BCUT2D eigenvalue weighted by atomic mass is 9.95. The quantitative estimate of drug-likeness (QED) is 0.742. The van der Waals surface area contributed by atoms with Crippen molar-refractivity contribution < 1.29 is 18.0 Å².